The molecule has 2 nitrogen and oxygen atoms in total. The molecular weight excluding hydrogens is 355 g/mol. The number of rotatable bonds is 3. The van der Waals surface area contributed by atoms with Crippen LogP contribution in [0.15, 0.2) is 27.7 Å². The molecular formula is C10H12BrIN2. The third-order valence-corrected chi connectivity index (χ3v) is 2.99. The van der Waals surface area contributed by atoms with Crippen molar-refractivity contribution in [3.63, 3.8) is 0 Å². The summed E-state index contributed by atoms with van der Waals surface area (Å²) in [5.41, 5.74) is 6.65. The van der Waals surface area contributed by atoms with Crippen LogP contribution in [0.4, 0.5) is 5.69 Å². The molecule has 1 aromatic carbocycles. The van der Waals surface area contributed by atoms with Crippen molar-refractivity contribution in [2.45, 2.75) is 19.8 Å². The SMILES string of the molecule is CCCC(N)=Nc1ccc(I)cc1Br. The fourth-order valence-electron chi connectivity index (χ4n) is 1.04. The van der Waals surface area contributed by atoms with E-state index in [4.69, 9.17) is 5.73 Å². The fraction of sp³-hybridized carbons (Fsp3) is 0.300. The fourth-order valence-corrected chi connectivity index (χ4v) is 2.43. The summed E-state index contributed by atoms with van der Waals surface area (Å²) >= 11 is 5.72. The van der Waals surface area contributed by atoms with Crippen molar-refractivity contribution in [1.82, 2.24) is 0 Å². The summed E-state index contributed by atoms with van der Waals surface area (Å²) in [6.45, 7) is 2.09. The van der Waals surface area contributed by atoms with Crippen molar-refractivity contribution < 1.29 is 0 Å². The van der Waals surface area contributed by atoms with E-state index in [1.807, 2.05) is 18.2 Å². The van der Waals surface area contributed by atoms with Crippen molar-refractivity contribution in [2.75, 3.05) is 0 Å². The molecule has 1 aromatic rings. The summed E-state index contributed by atoms with van der Waals surface area (Å²) < 4.78 is 2.17. The summed E-state index contributed by atoms with van der Waals surface area (Å²) in [7, 11) is 0. The predicted molar refractivity (Wildman–Crippen MR) is 73.0 cm³/mol. The molecule has 1 rings (SSSR count). The van der Waals surface area contributed by atoms with Gasteiger partial charge < -0.3 is 5.73 Å². The molecule has 0 aliphatic rings. The van der Waals surface area contributed by atoms with Gasteiger partial charge in [-0.2, -0.15) is 0 Å². The first-order valence-corrected chi connectivity index (χ1v) is 6.28. The van der Waals surface area contributed by atoms with Crippen LogP contribution in [0.1, 0.15) is 19.8 Å². The van der Waals surface area contributed by atoms with Gasteiger partial charge >= 0.3 is 0 Å². The first-order valence-electron chi connectivity index (χ1n) is 4.41. The van der Waals surface area contributed by atoms with Crippen molar-refractivity contribution in [3.05, 3.63) is 26.2 Å². The second-order valence-electron chi connectivity index (χ2n) is 2.95. The molecule has 0 saturated heterocycles. The third kappa shape index (κ3) is 3.57. The van der Waals surface area contributed by atoms with Gasteiger partial charge in [0.15, 0.2) is 0 Å². The minimum atomic E-state index is 0.689. The van der Waals surface area contributed by atoms with Crippen molar-refractivity contribution >= 4 is 50.0 Å². The normalized spacial score (nSPS) is 11.8. The van der Waals surface area contributed by atoms with Crippen LogP contribution in [-0.4, -0.2) is 5.84 Å². The van der Waals surface area contributed by atoms with E-state index in [1.54, 1.807) is 0 Å². The van der Waals surface area contributed by atoms with Gasteiger partial charge in [-0.3, -0.25) is 0 Å². The van der Waals surface area contributed by atoms with Crippen LogP contribution in [0, 0.1) is 3.57 Å². The minimum absolute atomic E-state index is 0.689. The predicted octanol–water partition coefficient (Wildman–Crippen LogP) is 3.84. The molecule has 0 aliphatic heterocycles. The summed E-state index contributed by atoms with van der Waals surface area (Å²) in [6.07, 6.45) is 1.87. The number of nitrogens with zero attached hydrogens (tertiary/aromatic N) is 1. The van der Waals surface area contributed by atoms with Crippen molar-refractivity contribution in [3.8, 4) is 0 Å². The van der Waals surface area contributed by atoms with Gasteiger partial charge in [0.2, 0.25) is 0 Å². The highest BCUT2D eigenvalue weighted by atomic mass is 127. The van der Waals surface area contributed by atoms with Gasteiger partial charge in [0.1, 0.15) is 0 Å². The van der Waals surface area contributed by atoms with Gasteiger partial charge in [-0.05, 0) is 63.1 Å². The maximum Gasteiger partial charge on any atom is 0.0996 e. The Morgan fingerprint density at radius 2 is 2.29 bits per heavy atom. The number of amidine groups is 1. The van der Waals surface area contributed by atoms with E-state index in [-0.39, 0.29) is 0 Å². The second kappa shape index (κ2) is 5.70. The Kier molecular flexibility index (Phi) is 4.88. The Balaban J connectivity index is 2.91. The molecule has 4 heteroatoms. The van der Waals surface area contributed by atoms with Crippen LogP contribution >= 0.6 is 38.5 Å². The molecule has 2 N–H and O–H groups in total. The molecule has 0 amide bonds. The largest absolute Gasteiger partial charge is 0.387 e. The number of halogens is 2. The van der Waals surface area contributed by atoms with Crippen LogP contribution in [-0.2, 0) is 0 Å². The Hall–Kier alpha value is -0.100. The average Bonchev–Trinajstić information content (AvgIpc) is 2.10. The van der Waals surface area contributed by atoms with Gasteiger partial charge in [-0.1, -0.05) is 6.92 Å². The highest BCUT2D eigenvalue weighted by Crippen LogP contribution is 2.27. The third-order valence-electron chi connectivity index (χ3n) is 1.68. The Morgan fingerprint density at radius 1 is 1.57 bits per heavy atom. The summed E-state index contributed by atoms with van der Waals surface area (Å²) in [4.78, 5) is 4.33. The molecule has 0 bridgehead atoms. The van der Waals surface area contributed by atoms with Crippen LogP contribution in [0.5, 0.6) is 0 Å². The van der Waals surface area contributed by atoms with Gasteiger partial charge in [-0.25, -0.2) is 4.99 Å². The van der Waals surface area contributed by atoms with Crippen LogP contribution in [0.2, 0.25) is 0 Å². The standard InChI is InChI=1S/C10H12BrIN2/c1-2-3-10(13)14-9-5-4-7(12)6-8(9)11/h4-6H,2-3H2,1H3,(H2,13,14). The lowest BCUT2D eigenvalue weighted by atomic mass is 10.3. The summed E-state index contributed by atoms with van der Waals surface area (Å²) in [6, 6.07) is 6.01. The zero-order chi connectivity index (χ0) is 10.6. The van der Waals surface area contributed by atoms with Gasteiger partial charge in [0, 0.05) is 14.5 Å². The van der Waals surface area contributed by atoms with E-state index in [9.17, 15) is 0 Å². The zero-order valence-electron chi connectivity index (χ0n) is 7.93. The van der Waals surface area contributed by atoms with E-state index in [0.717, 1.165) is 23.0 Å². The monoisotopic (exact) mass is 366 g/mol. The quantitative estimate of drug-likeness (QED) is 0.492. The molecule has 0 saturated carbocycles. The van der Waals surface area contributed by atoms with Crippen LogP contribution in [0.25, 0.3) is 0 Å². The Labute approximate surface area is 106 Å². The van der Waals surface area contributed by atoms with Gasteiger partial charge in [0.25, 0.3) is 0 Å². The topological polar surface area (TPSA) is 38.4 Å². The highest BCUT2D eigenvalue weighted by molar-refractivity contribution is 14.1. The number of nitrogens with two attached hydrogens (primary N) is 1. The molecule has 0 radical (unpaired) electrons. The highest BCUT2D eigenvalue weighted by Gasteiger charge is 1.99. The minimum Gasteiger partial charge on any atom is -0.387 e. The van der Waals surface area contributed by atoms with E-state index in [0.29, 0.717) is 5.84 Å². The van der Waals surface area contributed by atoms with Crippen molar-refractivity contribution in [1.29, 1.82) is 0 Å². The van der Waals surface area contributed by atoms with Gasteiger partial charge in [-0.15, -0.1) is 0 Å². The molecule has 14 heavy (non-hydrogen) atoms. The first-order chi connectivity index (χ1) is 6.63. The lowest BCUT2D eigenvalue weighted by Crippen LogP contribution is -2.09. The zero-order valence-corrected chi connectivity index (χ0v) is 11.7. The van der Waals surface area contributed by atoms with E-state index in [2.05, 4.69) is 50.4 Å². The number of aliphatic imine (C=N–C) groups is 1. The maximum atomic E-state index is 5.75. The smallest absolute Gasteiger partial charge is 0.0996 e. The van der Waals surface area contributed by atoms with Crippen LogP contribution < -0.4 is 5.73 Å². The molecule has 0 aliphatic carbocycles. The molecule has 0 fully saturated rings. The van der Waals surface area contributed by atoms with Crippen molar-refractivity contribution in [2.24, 2.45) is 10.7 Å². The van der Waals surface area contributed by atoms with Crippen LogP contribution in [0.3, 0.4) is 0 Å². The molecule has 0 atom stereocenters. The summed E-state index contributed by atoms with van der Waals surface area (Å²) in [5, 5.41) is 0. The Morgan fingerprint density at radius 3 is 2.86 bits per heavy atom. The molecule has 0 spiro atoms. The van der Waals surface area contributed by atoms with E-state index < -0.39 is 0 Å². The number of hydrogen-bond acceptors (Lipinski definition) is 1. The lowest BCUT2D eigenvalue weighted by Gasteiger charge is -2.01. The molecule has 0 unspecified atom stereocenters. The second-order valence-corrected chi connectivity index (χ2v) is 5.05. The van der Waals surface area contributed by atoms with E-state index >= 15 is 0 Å². The average molecular weight is 367 g/mol. The molecule has 0 heterocycles. The molecule has 76 valence electrons. The first kappa shape index (κ1) is 12.0. The molecule has 0 aromatic heterocycles. The maximum absolute atomic E-state index is 5.75. The Bertz CT molecular complexity index is 350. The number of benzene rings is 1. The van der Waals surface area contributed by atoms with Gasteiger partial charge in [0.05, 0.1) is 11.5 Å². The van der Waals surface area contributed by atoms with E-state index in [1.165, 1.54) is 3.57 Å². The summed E-state index contributed by atoms with van der Waals surface area (Å²) in [5.74, 6) is 0.689. The number of hydrogen-bond donors (Lipinski definition) is 1. The lowest BCUT2D eigenvalue weighted by molar-refractivity contribution is 0.983.